The van der Waals surface area contributed by atoms with Gasteiger partial charge >= 0.3 is 5.97 Å². The number of carbonyl (C=O) groups excluding carboxylic acids is 2. The minimum absolute atomic E-state index is 0.0133. The van der Waals surface area contributed by atoms with E-state index in [0.717, 1.165) is 38.5 Å². The first-order chi connectivity index (χ1) is 15.4. The number of nitrogens with two attached hydrogens (primary N) is 1. The Kier molecular flexibility index (Phi) is 13.6. The van der Waals surface area contributed by atoms with Gasteiger partial charge in [0.05, 0.1) is 37.5 Å². The summed E-state index contributed by atoms with van der Waals surface area (Å²) in [6.45, 7) is 10.2. The second-order valence-corrected chi connectivity index (χ2v) is 7.97. The van der Waals surface area contributed by atoms with Crippen LogP contribution in [0.2, 0.25) is 0 Å². The Morgan fingerprint density at radius 2 is 1.91 bits per heavy atom. The summed E-state index contributed by atoms with van der Waals surface area (Å²) < 4.78 is 11.4. The molecule has 0 saturated heterocycles. The van der Waals surface area contributed by atoms with E-state index in [2.05, 4.69) is 22.7 Å². The van der Waals surface area contributed by atoms with E-state index in [9.17, 15) is 9.59 Å². The number of nitrogens with zero attached hydrogens (tertiary/aromatic N) is 1. The van der Waals surface area contributed by atoms with Crippen molar-refractivity contribution in [1.82, 2.24) is 10.8 Å². The molecule has 0 unspecified atom stereocenters. The minimum Gasteiger partial charge on any atom is -0.463 e. The third-order valence-corrected chi connectivity index (χ3v) is 5.31. The van der Waals surface area contributed by atoms with Crippen molar-refractivity contribution in [3.63, 3.8) is 0 Å². The number of ether oxygens (including phenoxy) is 2. The van der Waals surface area contributed by atoms with E-state index >= 15 is 0 Å². The standard InChI is InChI=1S/C23H42N4O5/c1-6-10-11-12-13-31-27-23(24)26-19-14-17(22(29)30-9-4)15-20(21(19)25-16(5)28)32-18(7-2)8-3/h15,18-21H,6-14H2,1-5H3,(H,25,28)(H3,24,26,27)/t19-,20+,21+/m0/s1. The quantitative estimate of drug-likeness (QED) is 0.121. The van der Waals surface area contributed by atoms with Crippen LogP contribution in [-0.4, -0.2) is 55.3 Å². The van der Waals surface area contributed by atoms with Gasteiger partial charge in [0.2, 0.25) is 11.9 Å². The van der Waals surface area contributed by atoms with Crippen LogP contribution in [0.5, 0.6) is 0 Å². The van der Waals surface area contributed by atoms with E-state index in [4.69, 9.17) is 20.0 Å². The number of guanidine groups is 1. The van der Waals surface area contributed by atoms with Gasteiger partial charge in [0.1, 0.15) is 0 Å². The lowest BCUT2D eigenvalue weighted by Gasteiger charge is -2.36. The summed E-state index contributed by atoms with van der Waals surface area (Å²) in [5.41, 5.74) is 9.17. The number of hydroxylamine groups is 1. The fraction of sp³-hybridized carbons (Fsp3) is 0.783. The van der Waals surface area contributed by atoms with Crippen LogP contribution in [0.1, 0.15) is 79.6 Å². The average molecular weight is 455 g/mol. The molecule has 0 spiro atoms. The Morgan fingerprint density at radius 1 is 1.19 bits per heavy atom. The van der Waals surface area contributed by atoms with Crippen molar-refractivity contribution in [2.24, 2.45) is 10.7 Å². The molecule has 1 rings (SSSR count). The lowest BCUT2D eigenvalue weighted by molar-refractivity contribution is -0.139. The number of esters is 1. The zero-order valence-electron chi connectivity index (χ0n) is 20.3. The highest BCUT2D eigenvalue weighted by atomic mass is 16.6. The zero-order valence-corrected chi connectivity index (χ0v) is 20.3. The maximum Gasteiger partial charge on any atom is 0.333 e. The summed E-state index contributed by atoms with van der Waals surface area (Å²) in [6, 6.07) is -0.991. The second kappa shape index (κ2) is 15.6. The molecule has 4 N–H and O–H groups in total. The predicted molar refractivity (Wildman–Crippen MR) is 125 cm³/mol. The molecule has 1 aliphatic rings. The molecule has 0 aromatic heterocycles. The van der Waals surface area contributed by atoms with Gasteiger partial charge in [-0.25, -0.2) is 15.3 Å². The Morgan fingerprint density at radius 3 is 2.50 bits per heavy atom. The summed E-state index contributed by atoms with van der Waals surface area (Å²) >= 11 is 0. The van der Waals surface area contributed by atoms with Gasteiger partial charge in [0.25, 0.3) is 0 Å². The maximum atomic E-state index is 12.5. The third kappa shape index (κ3) is 9.99. The molecule has 0 aromatic rings. The summed E-state index contributed by atoms with van der Waals surface area (Å²) in [7, 11) is 0. The summed E-state index contributed by atoms with van der Waals surface area (Å²) in [5, 5.41) is 2.93. The first-order valence-corrected chi connectivity index (χ1v) is 11.9. The van der Waals surface area contributed by atoms with Crippen molar-refractivity contribution in [3.05, 3.63) is 11.6 Å². The number of rotatable bonds is 14. The number of nitrogens with one attached hydrogen (secondary N) is 2. The molecule has 0 bridgehead atoms. The highest BCUT2D eigenvalue weighted by molar-refractivity contribution is 5.89. The second-order valence-electron chi connectivity index (χ2n) is 7.97. The van der Waals surface area contributed by atoms with Crippen molar-refractivity contribution in [2.45, 2.75) is 104 Å². The monoisotopic (exact) mass is 454 g/mol. The molecule has 0 heterocycles. The Labute approximate surface area is 192 Å². The average Bonchev–Trinajstić information content (AvgIpc) is 2.76. The van der Waals surface area contributed by atoms with Crippen LogP contribution in [0.3, 0.4) is 0 Å². The molecule has 9 heteroatoms. The molecule has 0 aromatic carbocycles. The van der Waals surface area contributed by atoms with Gasteiger partial charge in [-0.3, -0.25) is 9.63 Å². The first-order valence-electron chi connectivity index (χ1n) is 11.9. The highest BCUT2D eigenvalue weighted by Gasteiger charge is 2.38. The highest BCUT2D eigenvalue weighted by Crippen LogP contribution is 2.27. The molecule has 1 amide bonds. The normalized spacial score (nSPS) is 21.2. The predicted octanol–water partition coefficient (Wildman–Crippen LogP) is 2.74. The fourth-order valence-electron chi connectivity index (χ4n) is 3.61. The number of amides is 1. The van der Waals surface area contributed by atoms with E-state index < -0.39 is 24.2 Å². The van der Waals surface area contributed by atoms with Crippen molar-refractivity contribution >= 4 is 17.8 Å². The number of carbonyl (C=O) groups is 2. The Bertz CT molecular complexity index is 634. The molecule has 0 saturated carbocycles. The van der Waals surface area contributed by atoms with Crippen molar-refractivity contribution < 1.29 is 23.9 Å². The Hall–Kier alpha value is -2.13. The van der Waals surface area contributed by atoms with E-state index in [1.165, 1.54) is 6.92 Å². The topological polar surface area (TPSA) is 124 Å². The SMILES string of the molecule is CCCCCCONC(N)=N[C@H]1CC(C(=O)OCC)=C[C@@H](OC(CC)CC)[C@@H]1NC(C)=O. The number of hydrogen-bond acceptors (Lipinski definition) is 6. The molecule has 1 aliphatic carbocycles. The zero-order chi connectivity index (χ0) is 23.9. The molecular weight excluding hydrogens is 412 g/mol. The van der Waals surface area contributed by atoms with Gasteiger partial charge in [0, 0.05) is 18.9 Å². The lowest BCUT2D eigenvalue weighted by Crippen LogP contribution is -2.54. The summed E-state index contributed by atoms with van der Waals surface area (Å²) in [4.78, 5) is 34.3. The summed E-state index contributed by atoms with van der Waals surface area (Å²) in [5.74, 6) is -0.530. The van der Waals surface area contributed by atoms with Gasteiger partial charge < -0.3 is 20.5 Å². The maximum absolute atomic E-state index is 12.5. The van der Waals surface area contributed by atoms with E-state index in [-0.39, 0.29) is 31.0 Å². The number of aliphatic imine (C=N–C) groups is 1. The third-order valence-electron chi connectivity index (χ3n) is 5.31. The molecule has 9 nitrogen and oxygen atoms in total. The molecule has 32 heavy (non-hydrogen) atoms. The molecule has 0 radical (unpaired) electrons. The smallest absolute Gasteiger partial charge is 0.333 e. The van der Waals surface area contributed by atoms with Crippen LogP contribution < -0.4 is 16.5 Å². The van der Waals surface area contributed by atoms with Crippen LogP contribution in [0.25, 0.3) is 0 Å². The van der Waals surface area contributed by atoms with Gasteiger partial charge in [-0.05, 0) is 32.3 Å². The molecule has 3 atom stereocenters. The molecule has 0 aliphatic heterocycles. The van der Waals surface area contributed by atoms with Crippen molar-refractivity contribution in [1.29, 1.82) is 0 Å². The van der Waals surface area contributed by atoms with Gasteiger partial charge in [0.15, 0.2) is 0 Å². The van der Waals surface area contributed by atoms with E-state index in [1.54, 1.807) is 13.0 Å². The van der Waals surface area contributed by atoms with Gasteiger partial charge in [-0.1, -0.05) is 40.0 Å². The summed E-state index contributed by atoms with van der Waals surface area (Å²) in [6.07, 6.45) is 7.42. The lowest BCUT2D eigenvalue weighted by atomic mass is 9.88. The van der Waals surface area contributed by atoms with Crippen LogP contribution in [0, 0.1) is 0 Å². The van der Waals surface area contributed by atoms with Gasteiger partial charge in [-0.15, -0.1) is 0 Å². The molecule has 0 fully saturated rings. The van der Waals surface area contributed by atoms with E-state index in [1.807, 2.05) is 13.8 Å². The largest absolute Gasteiger partial charge is 0.463 e. The minimum atomic E-state index is -0.534. The number of unbranched alkanes of at least 4 members (excludes halogenated alkanes) is 3. The number of hydrogen-bond donors (Lipinski definition) is 3. The van der Waals surface area contributed by atoms with E-state index in [0.29, 0.717) is 12.2 Å². The van der Waals surface area contributed by atoms with Crippen molar-refractivity contribution in [3.8, 4) is 0 Å². The van der Waals surface area contributed by atoms with Crippen LogP contribution in [-0.2, 0) is 23.9 Å². The van der Waals surface area contributed by atoms with Gasteiger partial charge in [-0.2, -0.15) is 0 Å². The fourth-order valence-corrected chi connectivity index (χ4v) is 3.61. The Balaban J connectivity index is 3.03. The molecule has 184 valence electrons. The first kappa shape index (κ1) is 27.9. The van der Waals surface area contributed by atoms with Crippen LogP contribution >= 0.6 is 0 Å². The van der Waals surface area contributed by atoms with Crippen LogP contribution in [0.4, 0.5) is 0 Å². The molecular formula is C23H42N4O5. The van der Waals surface area contributed by atoms with Crippen LogP contribution in [0.15, 0.2) is 16.6 Å². The van der Waals surface area contributed by atoms with Crippen molar-refractivity contribution in [2.75, 3.05) is 13.2 Å².